The van der Waals surface area contributed by atoms with Crippen molar-refractivity contribution >= 4 is 23.2 Å². The first-order valence-corrected chi connectivity index (χ1v) is 7.12. The Kier molecular flexibility index (Phi) is 6.40. The molecule has 0 saturated carbocycles. The van der Waals surface area contributed by atoms with Crippen LogP contribution in [0.3, 0.4) is 0 Å². The molecule has 3 atom stereocenters. The van der Waals surface area contributed by atoms with Gasteiger partial charge in [-0.2, -0.15) is 0 Å². The second-order valence-corrected chi connectivity index (χ2v) is 5.61. The van der Waals surface area contributed by atoms with E-state index in [2.05, 4.69) is 0 Å². The molecule has 0 aromatic heterocycles. The highest BCUT2D eigenvalue weighted by molar-refractivity contribution is 6.37. The van der Waals surface area contributed by atoms with Crippen LogP contribution in [0.15, 0.2) is 12.1 Å². The van der Waals surface area contributed by atoms with E-state index in [1.165, 1.54) is 7.11 Å². The fraction of sp³-hybridized carbons (Fsp3) is 0.571. The van der Waals surface area contributed by atoms with Crippen molar-refractivity contribution < 1.29 is 9.84 Å². The molecule has 0 aliphatic heterocycles. The van der Waals surface area contributed by atoms with Crippen LogP contribution in [0.4, 0.5) is 0 Å². The Morgan fingerprint density at radius 1 is 1.32 bits per heavy atom. The van der Waals surface area contributed by atoms with Crippen molar-refractivity contribution in [1.82, 2.24) is 0 Å². The largest absolute Gasteiger partial charge is 0.494 e. The lowest BCUT2D eigenvalue weighted by atomic mass is 9.92. The highest BCUT2D eigenvalue weighted by atomic mass is 35.5. The van der Waals surface area contributed by atoms with Crippen LogP contribution >= 0.6 is 23.2 Å². The first-order valence-electron chi connectivity index (χ1n) is 6.37. The number of hydrogen-bond acceptors (Lipinski definition) is 3. The summed E-state index contributed by atoms with van der Waals surface area (Å²) in [5, 5.41) is 10.9. The average Bonchev–Trinajstić information content (AvgIpc) is 2.37. The Labute approximate surface area is 124 Å². The van der Waals surface area contributed by atoms with Gasteiger partial charge in [-0.05, 0) is 36.5 Å². The summed E-state index contributed by atoms with van der Waals surface area (Å²) < 4.78 is 5.11. The van der Waals surface area contributed by atoms with Gasteiger partial charge in [-0.15, -0.1) is 0 Å². The summed E-state index contributed by atoms with van der Waals surface area (Å²) in [6, 6.07) is 3.44. The highest BCUT2D eigenvalue weighted by Gasteiger charge is 2.19. The summed E-state index contributed by atoms with van der Waals surface area (Å²) in [6.45, 7) is 3.97. The molecule has 0 amide bonds. The van der Waals surface area contributed by atoms with E-state index < -0.39 is 6.10 Å². The standard InChI is InChI=1S/C14H21Cl2NO2/c1-4-12(17)13(18)5-8(2)9-6-10(15)14(19-3)11(16)7-9/h6-8,12-13,18H,4-5,17H2,1-3H3. The third kappa shape index (κ3) is 4.25. The fourth-order valence-corrected chi connectivity index (χ4v) is 2.66. The Bertz CT molecular complexity index is 403. The van der Waals surface area contributed by atoms with Crippen LogP contribution in [0.2, 0.25) is 10.0 Å². The van der Waals surface area contributed by atoms with E-state index in [4.69, 9.17) is 33.7 Å². The van der Waals surface area contributed by atoms with Gasteiger partial charge < -0.3 is 15.6 Å². The molecule has 0 radical (unpaired) electrons. The molecule has 1 rings (SSSR count). The molecule has 0 heterocycles. The molecular formula is C14H21Cl2NO2. The van der Waals surface area contributed by atoms with Gasteiger partial charge in [0.25, 0.3) is 0 Å². The molecule has 1 aromatic carbocycles. The van der Waals surface area contributed by atoms with Crippen molar-refractivity contribution in [2.24, 2.45) is 5.73 Å². The molecule has 5 heteroatoms. The lowest BCUT2D eigenvalue weighted by Gasteiger charge is -2.22. The Hall–Kier alpha value is -0.480. The Balaban J connectivity index is 2.86. The summed E-state index contributed by atoms with van der Waals surface area (Å²) in [5.74, 6) is 0.596. The van der Waals surface area contributed by atoms with Crippen molar-refractivity contribution in [3.05, 3.63) is 27.7 Å². The molecule has 108 valence electrons. The van der Waals surface area contributed by atoms with E-state index in [0.29, 0.717) is 22.2 Å². The molecule has 0 spiro atoms. The number of aliphatic hydroxyl groups is 1. The lowest BCUT2D eigenvalue weighted by Crippen LogP contribution is -2.34. The van der Waals surface area contributed by atoms with Crippen LogP contribution in [0.25, 0.3) is 0 Å². The van der Waals surface area contributed by atoms with Crippen molar-refractivity contribution in [3.8, 4) is 5.75 Å². The second-order valence-electron chi connectivity index (χ2n) is 4.79. The Morgan fingerprint density at radius 3 is 2.26 bits per heavy atom. The molecular weight excluding hydrogens is 285 g/mol. The van der Waals surface area contributed by atoms with Crippen molar-refractivity contribution in [3.63, 3.8) is 0 Å². The third-order valence-corrected chi connectivity index (χ3v) is 3.92. The molecule has 1 aromatic rings. The Morgan fingerprint density at radius 2 is 1.84 bits per heavy atom. The molecule has 0 aliphatic carbocycles. The van der Waals surface area contributed by atoms with Crippen LogP contribution in [0.5, 0.6) is 5.75 Å². The first kappa shape index (κ1) is 16.6. The van der Waals surface area contributed by atoms with E-state index >= 15 is 0 Å². The fourth-order valence-electron chi connectivity index (χ4n) is 2.00. The monoisotopic (exact) mass is 305 g/mol. The van der Waals surface area contributed by atoms with E-state index in [1.54, 1.807) is 0 Å². The maximum atomic E-state index is 9.97. The molecule has 0 aliphatic rings. The average molecular weight is 306 g/mol. The number of benzene rings is 1. The van der Waals surface area contributed by atoms with Crippen LogP contribution in [-0.4, -0.2) is 24.4 Å². The number of hydrogen-bond donors (Lipinski definition) is 2. The topological polar surface area (TPSA) is 55.5 Å². The van der Waals surface area contributed by atoms with Gasteiger partial charge in [-0.25, -0.2) is 0 Å². The minimum Gasteiger partial charge on any atom is -0.494 e. The zero-order chi connectivity index (χ0) is 14.6. The quantitative estimate of drug-likeness (QED) is 0.844. The second kappa shape index (κ2) is 7.34. The van der Waals surface area contributed by atoms with Gasteiger partial charge in [0.05, 0.1) is 23.3 Å². The number of rotatable bonds is 6. The minimum absolute atomic E-state index is 0.119. The van der Waals surface area contributed by atoms with Gasteiger partial charge in [-0.1, -0.05) is 37.0 Å². The van der Waals surface area contributed by atoms with Gasteiger partial charge in [-0.3, -0.25) is 0 Å². The smallest absolute Gasteiger partial charge is 0.156 e. The van der Waals surface area contributed by atoms with Gasteiger partial charge in [0.2, 0.25) is 0 Å². The number of halogens is 2. The highest BCUT2D eigenvalue weighted by Crippen LogP contribution is 2.36. The predicted molar refractivity (Wildman–Crippen MR) is 80.3 cm³/mol. The van der Waals surface area contributed by atoms with Crippen LogP contribution in [0, 0.1) is 0 Å². The van der Waals surface area contributed by atoms with E-state index in [0.717, 1.165) is 12.0 Å². The van der Waals surface area contributed by atoms with Crippen LogP contribution in [-0.2, 0) is 0 Å². The maximum Gasteiger partial charge on any atom is 0.156 e. The summed E-state index contributed by atoms with van der Waals surface area (Å²) in [7, 11) is 1.53. The number of nitrogens with two attached hydrogens (primary N) is 1. The van der Waals surface area contributed by atoms with Gasteiger partial charge in [0, 0.05) is 6.04 Å². The first-order chi connectivity index (χ1) is 8.90. The normalized spacial score (nSPS) is 15.9. The summed E-state index contributed by atoms with van der Waals surface area (Å²) in [6.07, 6.45) is 0.797. The molecule has 3 unspecified atom stereocenters. The molecule has 0 fully saturated rings. The lowest BCUT2D eigenvalue weighted by molar-refractivity contribution is 0.126. The van der Waals surface area contributed by atoms with Crippen molar-refractivity contribution in [1.29, 1.82) is 0 Å². The van der Waals surface area contributed by atoms with Gasteiger partial charge in [0.15, 0.2) is 5.75 Å². The zero-order valence-electron chi connectivity index (χ0n) is 11.5. The summed E-state index contributed by atoms with van der Waals surface area (Å²) in [4.78, 5) is 0. The molecule has 3 nitrogen and oxygen atoms in total. The number of ether oxygens (including phenoxy) is 1. The predicted octanol–water partition coefficient (Wildman–Crippen LogP) is 3.59. The summed E-state index contributed by atoms with van der Waals surface area (Å²) >= 11 is 12.2. The SMILES string of the molecule is CCC(N)C(O)CC(C)c1cc(Cl)c(OC)c(Cl)c1. The van der Waals surface area contributed by atoms with E-state index in [1.807, 2.05) is 26.0 Å². The van der Waals surface area contributed by atoms with Crippen LogP contribution < -0.4 is 10.5 Å². The third-order valence-electron chi connectivity index (χ3n) is 3.35. The summed E-state index contributed by atoms with van der Waals surface area (Å²) in [5.41, 5.74) is 6.80. The van der Waals surface area contributed by atoms with E-state index in [9.17, 15) is 5.11 Å². The van der Waals surface area contributed by atoms with Gasteiger partial charge in [0.1, 0.15) is 0 Å². The zero-order valence-corrected chi connectivity index (χ0v) is 13.0. The van der Waals surface area contributed by atoms with E-state index in [-0.39, 0.29) is 12.0 Å². The van der Waals surface area contributed by atoms with Crippen LogP contribution in [0.1, 0.15) is 38.2 Å². The number of aliphatic hydroxyl groups excluding tert-OH is 1. The van der Waals surface area contributed by atoms with Crippen molar-refractivity contribution in [2.75, 3.05) is 7.11 Å². The minimum atomic E-state index is -0.528. The molecule has 0 saturated heterocycles. The van der Waals surface area contributed by atoms with Crippen molar-refractivity contribution in [2.45, 2.75) is 44.8 Å². The molecule has 3 N–H and O–H groups in total. The maximum absolute atomic E-state index is 9.97. The molecule has 19 heavy (non-hydrogen) atoms. The number of methoxy groups -OCH3 is 1. The molecule has 0 bridgehead atoms. The van der Waals surface area contributed by atoms with Gasteiger partial charge >= 0.3 is 0 Å².